The molecule has 0 spiro atoms. The first-order valence-corrected chi connectivity index (χ1v) is 9.81. The molecule has 0 saturated carbocycles. The molecule has 0 aliphatic carbocycles. The molecule has 0 bridgehead atoms. The second-order valence-corrected chi connectivity index (χ2v) is 7.29. The second-order valence-electron chi connectivity index (χ2n) is 6.85. The predicted molar refractivity (Wildman–Crippen MR) is 108 cm³/mol. The molecule has 1 saturated heterocycles. The molecule has 0 unspecified atom stereocenters. The number of nitrogens with zero attached hydrogens (tertiary/aromatic N) is 2. The summed E-state index contributed by atoms with van der Waals surface area (Å²) in [6.45, 7) is 6.32. The summed E-state index contributed by atoms with van der Waals surface area (Å²) in [5.41, 5.74) is 1.71. The zero-order valence-electron chi connectivity index (χ0n) is 15.8. The van der Waals surface area contributed by atoms with E-state index in [2.05, 4.69) is 0 Å². The summed E-state index contributed by atoms with van der Waals surface area (Å²) in [4.78, 5) is 29.7. The molecule has 1 aliphatic rings. The Balaban J connectivity index is 1.87. The number of hydrogen-bond donors (Lipinski definition) is 0. The Morgan fingerprint density at radius 1 is 1.00 bits per heavy atom. The fourth-order valence-corrected chi connectivity index (χ4v) is 3.93. The van der Waals surface area contributed by atoms with Crippen LogP contribution in [0.5, 0.6) is 0 Å². The van der Waals surface area contributed by atoms with E-state index in [0.29, 0.717) is 36.8 Å². The number of rotatable bonds is 5. The average Bonchev–Trinajstić information content (AvgIpc) is 3.15. The van der Waals surface area contributed by atoms with Gasteiger partial charge < -0.3 is 9.80 Å². The first-order chi connectivity index (χ1) is 13.0. The normalized spacial score (nSPS) is 19.1. The molecule has 4 nitrogen and oxygen atoms in total. The van der Waals surface area contributed by atoms with Crippen LogP contribution in [-0.2, 0) is 4.79 Å². The Morgan fingerprint density at radius 3 is 2.22 bits per heavy atom. The van der Waals surface area contributed by atoms with Crippen molar-refractivity contribution in [2.24, 2.45) is 5.92 Å². The van der Waals surface area contributed by atoms with Crippen molar-refractivity contribution in [1.82, 2.24) is 9.80 Å². The van der Waals surface area contributed by atoms with Crippen molar-refractivity contribution in [3.05, 3.63) is 70.7 Å². The van der Waals surface area contributed by atoms with Gasteiger partial charge in [-0.2, -0.15) is 0 Å². The second kappa shape index (κ2) is 8.57. The van der Waals surface area contributed by atoms with Crippen LogP contribution in [0.3, 0.4) is 0 Å². The van der Waals surface area contributed by atoms with Crippen LogP contribution in [0.4, 0.5) is 0 Å². The maximum Gasteiger partial charge on any atom is 0.253 e. The average molecular weight is 385 g/mol. The molecule has 1 heterocycles. The molecule has 0 radical (unpaired) electrons. The van der Waals surface area contributed by atoms with Crippen LogP contribution < -0.4 is 0 Å². The lowest BCUT2D eigenvalue weighted by atomic mass is 9.88. The Morgan fingerprint density at radius 2 is 1.63 bits per heavy atom. The molecule has 1 aliphatic heterocycles. The minimum atomic E-state index is -0.219. The van der Waals surface area contributed by atoms with Gasteiger partial charge in [-0.05, 0) is 43.7 Å². The number of benzene rings is 2. The smallest absolute Gasteiger partial charge is 0.253 e. The number of likely N-dealkylation sites (tertiary alicyclic amines) is 1. The van der Waals surface area contributed by atoms with E-state index in [1.54, 1.807) is 29.2 Å². The van der Waals surface area contributed by atoms with Crippen molar-refractivity contribution in [2.45, 2.75) is 19.8 Å². The quantitative estimate of drug-likeness (QED) is 0.779. The molecule has 0 N–H and O–H groups in total. The van der Waals surface area contributed by atoms with Crippen molar-refractivity contribution in [1.29, 1.82) is 0 Å². The van der Waals surface area contributed by atoms with E-state index in [1.807, 2.05) is 49.1 Å². The molecule has 2 aromatic carbocycles. The number of amides is 2. The third-order valence-electron chi connectivity index (χ3n) is 5.32. The van der Waals surface area contributed by atoms with Gasteiger partial charge in [0.15, 0.2) is 0 Å². The summed E-state index contributed by atoms with van der Waals surface area (Å²) in [6.07, 6.45) is 0. The molecule has 3 rings (SSSR count). The zero-order valence-corrected chi connectivity index (χ0v) is 16.5. The van der Waals surface area contributed by atoms with E-state index < -0.39 is 0 Å². The summed E-state index contributed by atoms with van der Waals surface area (Å²) < 4.78 is 0. The van der Waals surface area contributed by atoms with E-state index in [9.17, 15) is 9.59 Å². The molecule has 5 heteroatoms. The van der Waals surface area contributed by atoms with Crippen molar-refractivity contribution >= 4 is 23.4 Å². The van der Waals surface area contributed by atoms with Crippen LogP contribution in [0, 0.1) is 5.92 Å². The van der Waals surface area contributed by atoms with Gasteiger partial charge >= 0.3 is 0 Å². The SMILES string of the molecule is CCN(CC)C(=O)[C@H]1CN(C(=O)c2ccc(Cl)cc2)C[C@@H]1c1ccccc1. The van der Waals surface area contributed by atoms with Gasteiger partial charge in [0, 0.05) is 42.7 Å². The molecular formula is C22H25ClN2O2. The van der Waals surface area contributed by atoms with Crippen LogP contribution in [0.15, 0.2) is 54.6 Å². The third-order valence-corrected chi connectivity index (χ3v) is 5.57. The highest BCUT2D eigenvalue weighted by Crippen LogP contribution is 2.34. The zero-order chi connectivity index (χ0) is 19.4. The highest BCUT2D eigenvalue weighted by Gasteiger charge is 2.41. The van der Waals surface area contributed by atoms with Crippen molar-refractivity contribution < 1.29 is 9.59 Å². The lowest BCUT2D eigenvalue weighted by Crippen LogP contribution is -2.39. The van der Waals surface area contributed by atoms with Crippen LogP contribution >= 0.6 is 11.6 Å². The van der Waals surface area contributed by atoms with Gasteiger partial charge in [-0.1, -0.05) is 41.9 Å². The van der Waals surface area contributed by atoms with Gasteiger partial charge in [0.05, 0.1) is 5.92 Å². The fraction of sp³-hybridized carbons (Fsp3) is 0.364. The molecule has 27 heavy (non-hydrogen) atoms. The topological polar surface area (TPSA) is 40.6 Å². The van der Waals surface area contributed by atoms with E-state index in [1.165, 1.54) is 0 Å². The summed E-state index contributed by atoms with van der Waals surface area (Å²) in [5.74, 6) is -0.137. The Kier molecular flexibility index (Phi) is 6.17. The summed E-state index contributed by atoms with van der Waals surface area (Å²) in [6, 6.07) is 16.9. The number of carbonyl (C=O) groups is 2. The van der Waals surface area contributed by atoms with Crippen LogP contribution in [0.1, 0.15) is 35.7 Å². The highest BCUT2D eigenvalue weighted by molar-refractivity contribution is 6.30. The lowest BCUT2D eigenvalue weighted by Gasteiger charge is -2.25. The lowest BCUT2D eigenvalue weighted by molar-refractivity contribution is -0.135. The first kappa shape index (κ1) is 19.4. The summed E-state index contributed by atoms with van der Waals surface area (Å²) in [5, 5.41) is 0.602. The maximum atomic E-state index is 13.1. The first-order valence-electron chi connectivity index (χ1n) is 9.43. The number of carbonyl (C=O) groups excluding carboxylic acids is 2. The van der Waals surface area contributed by atoms with Gasteiger partial charge in [0.2, 0.25) is 5.91 Å². The minimum absolute atomic E-state index is 0.00977. The Labute approximate surface area is 165 Å². The van der Waals surface area contributed by atoms with E-state index in [4.69, 9.17) is 11.6 Å². The van der Waals surface area contributed by atoms with E-state index >= 15 is 0 Å². The molecule has 2 amide bonds. The predicted octanol–water partition coefficient (Wildman–Crippen LogP) is 4.06. The van der Waals surface area contributed by atoms with Crippen LogP contribution in [0.25, 0.3) is 0 Å². The fourth-order valence-electron chi connectivity index (χ4n) is 3.80. The van der Waals surface area contributed by atoms with Gasteiger partial charge in [0.25, 0.3) is 5.91 Å². The van der Waals surface area contributed by atoms with Crippen LogP contribution in [0.2, 0.25) is 5.02 Å². The minimum Gasteiger partial charge on any atom is -0.343 e. The van der Waals surface area contributed by atoms with E-state index in [-0.39, 0.29) is 23.7 Å². The molecule has 142 valence electrons. The summed E-state index contributed by atoms with van der Waals surface area (Å²) >= 11 is 5.94. The van der Waals surface area contributed by atoms with Crippen molar-refractivity contribution in [3.8, 4) is 0 Å². The molecular weight excluding hydrogens is 360 g/mol. The van der Waals surface area contributed by atoms with Gasteiger partial charge in [-0.3, -0.25) is 9.59 Å². The van der Waals surface area contributed by atoms with Crippen LogP contribution in [-0.4, -0.2) is 47.8 Å². The van der Waals surface area contributed by atoms with E-state index in [0.717, 1.165) is 5.56 Å². The third kappa shape index (κ3) is 4.16. The number of hydrogen-bond acceptors (Lipinski definition) is 2. The Bertz CT molecular complexity index is 788. The van der Waals surface area contributed by atoms with Crippen molar-refractivity contribution in [3.63, 3.8) is 0 Å². The van der Waals surface area contributed by atoms with Gasteiger partial charge in [-0.15, -0.1) is 0 Å². The molecule has 2 atom stereocenters. The number of halogens is 1. The Hall–Kier alpha value is -2.33. The largest absolute Gasteiger partial charge is 0.343 e. The maximum absolute atomic E-state index is 13.1. The molecule has 0 aromatic heterocycles. The highest BCUT2D eigenvalue weighted by atomic mass is 35.5. The van der Waals surface area contributed by atoms with Gasteiger partial charge in [0.1, 0.15) is 0 Å². The monoisotopic (exact) mass is 384 g/mol. The molecule has 1 fully saturated rings. The summed E-state index contributed by atoms with van der Waals surface area (Å²) in [7, 11) is 0. The van der Waals surface area contributed by atoms with Crippen molar-refractivity contribution in [2.75, 3.05) is 26.2 Å². The van der Waals surface area contributed by atoms with Gasteiger partial charge in [-0.25, -0.2) is 0 Å². The molecule has 2 aromatic rings. The standard InChI is InChI=1S/C22H25ClN2O2/c1-3-24(4-2)22(27)20-15-25(14-19(20)16-8-6-5-7-9-16)21(26)17-10-12-18(23)13-11-17/h5-13,19-20H,3-4,14-15H2,1-2H3/t19-,20+/m1/s1.